The van der Waals surface area contributed by atoms with Crippen LogP contribution in [-0.4, -0.2) is 23.3 Å². The molecule has 4 N–H and O–H groups in total. The molecule has 0 spiro atoms. The molecule has 2 atom stereocenters. The van der Waals surface area contributed by atoms with Gasteiger partial charge in [-0.25, -0.2) is 0 Å². The molecule has 1 heterocycles. The van der Waals surface area contributed by atoms with E-state index in [1.54, 1.807) is 0 Å². The Balaban J connectivity index is 2.22. The third-order valence-corrected chi connectivity index (χ3v) is 3.70. The second-order valence-electron chi connectivity index (χ2n) is 4.91. The van der Waals surface area contributed by atoms with Crippen LogP contribution < -0.4 is 11.1 Å². The summed E-state index contributed by atoms with van der Waals surface area (Å²) in [5, 5.41) is 14.0. The van der Waals surface area contributed by atoms with E-state index >= 15 is 0 Å². The number of nitrogens with one attached hydrogen (secondary N) is 1. The number of rotatable bonds is 3. The second-order valence-corrected chi connectivity index (χ2v) is 4.91. The van der Waals surface area contributed by atoms with Crippen LogP contribution in [-0.2, 0) is 6.42 Å². The first-order valence-electron chi connectivity index (χ1n) is 5.85. The molecule has 0 radical (unpaired) electrons. The van der Waals surface area contributed by atoms with Gasteiger partial charge in [-0.3, -0.25) is 0 Å². The predicted molar refractivity (Wildman–Crippen MR) is 66.4 cm³/mol. The summed E-state index contributed by atoms with van der Waals surface area (Å²) in [4.78, 5) is 0. The van der Waals surface area contributed by atoms with E-state index in [1.165, 1.54) is 5.56 Å². The van der Waals surface area contributed by atoms with Crippen LogP contribution in [0.4, 0.5) is 5.69 Å². The lowest BCUT2D eigenvalue weighted by Crippen LogP contribution is -2.55. The van der Waals surface area contributed by atoms with Crippen LogP contribution in [0.15, 0.2) is 24.3 Å². The topological polar surface area (TPSA) is 58.3 Å². The van der Waals surface area contributed by atoms with Crippen LogP contribution in [0.1, 0.15) is 19.4 Å². The Bertz CT molecular complexity index is 353. The second kappa shape index (κ2) is 4.07. The number of aliphatic hydroxyl groups is 1. The molecule has 0 bridgehead atoms. The zero-order valence-electron chi connectivity index (χ0n) is 9.90. The minimum Gasteiger partial charge on any atom is -0.386 e. The summed E-state index contributed by atoms with van der Waals surface area (Å²) in [5.74, 6) is 0.143. The molecular weight excluding hydrogens is 200 g/mol. The molecular formula is C13H20N2O. The minimum atomic E-state index is -0.834. The van der Waals surface area contributed by atoms with Gasteiger partial charge in [-0.1, -0.05) is 32.0 Å². The highest BCUT2D eigenvalue weighted by Crippen LogP contribution is 2.33. The van der Waals surface area contributed by atoms with E-state index in [0.717, 1.165) is 12.1 Å². The van der Waals surface area contributed by atoms with Crippen molar-refractivity contribution in [2.75, 3.05) is 11.9 Å². The van der Waals surface area contributed by atoms with Crippen LogP contribution in [0.5, 0.6) is 0 Å². The normalized spacial score (nSPS) is 22.7. The van der Waals surface area contributed by atoms with E-state index in [2.05, 4.69) is 11.4 Å². The molecule has 1 aromatic rings. The van der Waals surface area contributed by atoms with Gasteiger partial charge in [0.2, 0.25) is 0 Å². The molecule has 0 amide bonds. The maximum atomic E-state index is 10.6. The van der Waals surface area contributed by atoms with Crippen molar-refractivity contribution in [1.29, 1.82) is 0 Å². The molecule has 3 nitrogen and oxygen atoms in total. The van der Waals surface area contributed by atoms with Gasteiger partial charge in [0.25, 0.3) is 0 Å². The summed E-state index contributed by atoms with van der Waals surface area (Å²) in [6, 6.07) is 8.20. The smallest absolute Gasteiger partial charge is 0.0994 e. The van der Waals surface area contributed by atoms with Gasteiger partial charge in [-0.05, 0) is 24.0 Å². The third kappa shape index (κ3) is 1.70. The summed E-state index contributed by atoms with van der Waals surface area (Å²) in [7, 11) is 0. The Morgan fingerprint density at radius 2 is 2.19 bits per heavy atom. The number of anilines is 1. The minimum absolute atomic E-state index is 0.0231. The van der Waals surface area contributed by atoms with Crippen molar-refractivity contribution >= 4 is 5.69 Å². The van der Waals surface area contributed by atoms with Gasteiger partial charge in [0.05, 0.1) is 11.6 Å². The molecule has 0 aromatic heterocycles. The third-order valence-electron chi connectivity index (χ3n) is 3.70. The number of benzene rings is 1. The maximum Gasteiger partial charge on any atom is 0.0994 e. The fourth-order valence-corrected chi connectivity index (χ4v) is 2.38. The van der Waals surface area contributed by atoms with Crippen LogP contribution in [0.3, 0.4) is 0 Å². The molecule has 1 aliphatic rings. The highest BCUT2D eigenvalue weighted by atomic mass is 16.3. The predicted octanol–water partition coefficient (Wildman–Crippen LogP) is 1.37. The van der Waals surface area contributed by atoms with Crippen molar-refractivity contribution in [1.82, 2.24) is 0 Å². The lowest BCUT2D eigenvalue weighted by molar-refractivity contribution is -0.0123. The van der Waals surface area contributed by atoms with Crippen molar-refractivity contribution in [2.45, 2.75) is 31.9 Å². The molecule has 16 heavy (non-hydrogen) atoms. The molecule has 2 rings (SSSR count). The number of nitrogens with two attached hydrogens (primary N) is 1. The quantitative estimate of drug-likeness (QED) is 0.721. The first-order valence-corrected chi connectivity index (χ1v) is 5.85. The fourth-order valence-electron chi connectivity index (χ4n) is 2.38. The van der Waals surface area contributed by atoms with Crippen molar-refractivity contribution in [3.05, 3.63) is 29.8 Å². The van der Waals surface area contributed by atoms with Gasteiger partial charge in [-0.15, -0.1) is 0 Å². The van der Waals surface area contributed by atoms with E-state index in [4.69, 9.17) is 5.73 Å². The van der Waals surface area contributed by atoms with Gasteiger partial charge >= 0.3 is 0 Å². The number of hydrogen-bond acceptors (Lipinski definition) is 3. The van der Waals surface area contributed by atoms with E-state index in [-0.39, 0.29) is 18.5 Å². The fraction of sp³-hybridized carbons (Fsp3) is 0.538. The maximum absolute atomic E-state index is 10.6. The van der Waals surface area contributed by atoms with E-state index in [0.29, 0.717) is 0 Å². The van der Waals surface area contributed by atoms with E-state index in [9.17, 15) is 5.11 Å². The zero-order chi connectivity index (χ0) is 11.8. The monoisotopic (exact) mass is 220 g/mol. The Hall–Kier alpha value is -1.06. The van der Waals surface area contributed by atoms with Crippen molar-refractivity contribution in [2.24, 2.45) is 11.7 Å². The van der Waals surface area contributed by atoms with Crippen molar-refractivity contribution in [3.63, 3.8) is 0 Å². The first-order chi connectivity index (χ1) is 7.58. The highest BCUT2D eigenvalue weighted by Gasteiger charge is 2.41. The Morgan fingerprint density at radius 3 is 2.75 bits per heavy atom. The molecule has 1 aromatic carbocycles. The van der Waals surface area contributed by atoms with E-state index < -0.39 is 5.60 Å². The highest BCUT2D eigenvalue weighted by molar-refractivity contribution is 5.57. The molecule has 3 heteroatoms. The van der Waals surface area contributed by atoms with Crippen LogP contribution in [0, 0.1) is 5.92 Å². The van der Waals surface area contributed by atoms with Crippen LogP contribution in [0.2, 0.25) is 0 Å². The van der Waals surface area contributed by atoms with Crippen molar-refractivity contribution < 1.29 is 5.11 Å². The number of fused-ring (bicyclic) bond motifs is 1. The van der Waals surface area contributed by atoms with Crippen LogP contribution in [0.25, 0.3) is 0 Å². The summed E-state index contributed by atoms with van der Waals surface area (Å²) in [6.07, 6.45) is 0.849. The molecule has 0 saturated carbocycles. The van der Waals surface area contributed by atoms with Crippen molar-refractivity contribution in [3.8, 4) is 0 Å². The van der Waals surface area contributed by atoms with E-state index in [1.807, 2.05) is 32.0 Å². The number of para-hydroxylation sites is 1. The Kier molecular flexibility index (Phi) is 2.91. The molecule has 1 aliphatic heterocycles. The SMILES string of the molecule is CC(C)C(O)(CN)C1Cc2ccccc2N1. The van der Waals surface area contributed by atoms with Gasteiger partial charge in [0.15, 0.2) is 0 Å². The zero-order valence-corrected chi connectivity index (χ0v) is 9.90. The van der Waals surface area contributed by atoms with Gasteiger partial charge in [-0.2, -0.15) is 0 Å². The largest absolute Gasteiger partial charge is 0.386 e. The average molecular weight is 220 g/mol. The molecule has 2 unspecified atom stereocenters. The Morgan fingerprint density at radius 1 is 1.50 bits per heavy atom. The lowest BCUT2D eigenvalue weighted by Gasteiger charge is -2.36. The van der Waals surface area contributed by atoms with Gasteiger partial charge in [0, 0.05) is 12.2 Å². The number of hydrogen-bond donors (Lipinski definition) is 3. The molecule has 88 valence electrons. The van der Waals surface area contributed by atoms with Gasteiger partial charge in [0.1, 0.15) is 0 Å². The summed E-state index contributed by atoms with van der Waals surface area (Å²) in [6.45, 7) is 4.31. The Labute approximate surface area is 96.7 Å². The first kappa shape index (κ1) is 11.4. The average Bonchev–Trinajstić information content (AvgIpc) is 2.71. The van der Waals surface area contributed by atoms with Gasteiger partial charge < -0.3 is 16.2 Å². The molecule has 0 aliphatic carbocycles. The molecule has 0 fully saturated rings. The summed E-state index contributed by atoms with van der Waals surface area (Å²) < 4.78 is 0. The van der Waals surface area contributed by atoms with Crippen LogP contribution >= 0.6 is 0 Å². The molecule has 0 saturated heterocycles. The summed E-state index contributed by atoms with van der Waals surface area (Å²) >= 11 is 0. The lowest BCUT2D eigenvalue weighted by atomic mass is 9.82. The summed E-state index contributed by atoms with van der Waals surface area (Å²) in [5.41, 5.74) is 7.29. The standard InChI is InChI=1S/C13H20N2O/c1-9(2)13(16,8-14)12-7-10-5-3-4-6-11(10)15-12/h3-6,9,12,15-16H,7-8,14H2,1-2H3.